The first kappa shape index (κ1) is 9.48. The van der Waals surface area contributed by atoms with E-state index in [1.807, 2.05) is 0 Å². The van der Waals surface area contributed by atoms with E-state index >= 15 is 0 Å². The Morgan fingerprint density at radius 2 is 2.50 bits per heavy atom. The molecule has 4 heteroatoms. The molecule has 4 nitrogen and oxygen atoms in total. The minimum atomic E-state index is -0.206. The number of likely N-dealkylation sites (N-methyl/N-ethyl adjacent to an activating group) is 1. The van der Waals surface area contributed by atoms with E-state index < -0.39 is 0 Å². The van der Waals surface area contributed by atoms with Gasteiger partial charge in [0.2, 0.25) is 0 Å². The maximum absolute atomic E-state index is 10.7. The fourth-order valence-electron chi connectivity index (χ4n) is 1.39. The largest absolute Gasteiger partial charge is 0.445 e. The van der Waals surface area contributed by atoms with Crippen molar-refractivity contribution in [2.45, 2.75) is 20.1 Å². The summed E-state index contributed by atoms with van der Waals surface area (Å²) < 4.78 is 5.12. The molecule has 1 heterocycles. The van der Waals surface area contributed by atoms with Crippen molar-refractivity contribution in [2.24, 2.45) is 0 Å². The molecule has 1 unspecified atom stereocenters. The van der Waals surface area contributed by atoms with E-state index in [1.165, 1.54) is 6.92 Å². The van der Waals surface area contributed by atoms with Crippen LogP contribution in [0.1, 0.15) is 13.8 Å². The van der Waals surface area contributed by atoms with Gasteiger partial charge >= 0.3 is 5.97 Å². The smallest absolute Gasteiger partial charge is 0.304 e. The number of hydrogen-bond donors (Lipinski definition) is 1. The second-order valence-corrected chi connectivity index (χ2v) is 2.90. The van der Waals surface area contributed by atoms with E-state index in [1.54, 1.807) is 0 Å². The average molecular weight is 172 g/mol. The molecule has 12 heavy (non-hydrogen) atoms. The SMILES string of the molecule is CCN1CCNCC1OC(C)=O. The third-order valence-electron chi connectivity index (χ3n) is 2.01. The summed E-state index contributed by atoms with van der Waals surface area (Å²) in [5, 5.41) is 3.19. The monoisotopic (exact) mass is 172 g/mol. The molecular weight excluding hydrogens is 156 g/mol. The third kappa shape index (κ3) is 2.46. The number of nitrogens with one attached hydrogen (secondary N) is 1. The zero-order valence-corrected chi connectivity index (χ0v) is 7.67. The highest BCUT2D eigenvalue weighted by molar-refractivity contribution is 5.66. The second-order valence-electron chi connectivity index (χ2n) is 2.90. The van der Waals surface area contributed by atoms with Crippen LogP contribution in [0.2, 0.25) is 0 Å². The molecule has 1 fully saturated rings. The standard InChI is InChI=1S/C8H16N2O2/c1-3-10-5-4-9-6-8(10)12-7(2)11/h8-9H,3-6H2,1-2H3. The number of piperazine rings is 1. The van der Waals surface area contributed by atoms with Gasteiger partial charge in [-0.15, -0.1) is 0 Å². The van der Waals surface area contributed by atoms with Crippen molar-refractivity contribution in [2.75, 3.05) is 26.2 Å². The Hall–Kier alpha value is -0.610. The van der Waals surface area contributed by atoms with Gasteiger partial charge in [0.05, 0.1) is 0 Å². The van der Waals surface area contributed by atoms with Gasteiger partial charge in [-0.3, -0.25) is 9.69 Å². The summed E-state index contributed by atoms with van der Waals surface area (Å²) in [6.07, 6.45) is -0.0683. The maximum Gasteiger partial charge on any atom is 0.304 e. The molecule has 0 spiro atoms. The van der Waals surface area contributed by atoms with Crippen molar-refractivity contribution >= 4 is 5.97 Å². The Kier molecular flexibility index (Phi) is 3.49. The molecule has 0 radical (unpaired) electrons. The Bertz CT molecular complexity index is 161. The lowest BCUT2D eigenvalue weighted by atomic mass is 10.3. The zero-order valence-electron chi connectivity index (χ0n) is 7.67. The van der Waals surface area contributed by atoms with Crippen LogP contribution in [0.25, 0.3) is 0 Å². The van der Waals surface area contributed by atoms with Gasteiger partial charge < -0.3 is 10.1 Å². The van der Waals surface area contributed by atoms with Crippen LogP contribution in [0, 0.1) is 0 Å². The highest BCUT2D eigenvalue weighted by Crippen LogP contribution is 2.03. The van der Waals surface area contributed by atoms with Crippen LogP contribution < -0.4 is 5.32 Å². The molecule has 0 saturated carbocycles. The van der Waals surface area contributed by atoms with Gasteiger partial charge in [0.25, 0.3) is 0 Å². The van der Waals surface area contributed by atoms with Crippen LogP contribution in [-0.2, 0) is 9.53 Å². The summed E-state index contributed by atoms with van der Waals surface area (Å²) >= 11 is 0. The van der Waals surface area contributed by atoms with Crippen molar-refractivity contribution in [3.05, 3.63) is 0 Å². The van der Waals surface area contributed by atoms with Crippen molar-refractivity contribution in [1.82, 2.24) is 10.2 Å². The van der Waals surface area contributed by atoms with Crippen molar-refractivity contribution < 1.29 is 9.53 Å². The molecule has 1 N–H and O–H groups in total. The first-order valence-electron chi connectivity index (χ1n) is 4.36. The predicted octanol–water partition coefficient (Wildman–Crippen LogP) is -0.199. The lowest BCUT2D eigenvalue weighted by molar-refractivity contribution is -0.157. The number of carbonyl (C=O) groups is 1. The highest BCUT2D eigenvalue weighted by atomic mass is 16.6. The summed E-state index contributed by atoms with van der Waals surface area (Å²) in [5.74, 6) is -0.206. The Morgan fingerprint density at radius 1 is 1.75 bits per heavy atom. The van der Waals surface area contributed by atoms with Crippen LogP contribution in [0.3, 0.4) is 0 Å². The number of rotatable bonds is 2. The molecule has 1 aliphatic heterocycles. The van der Waals surface area contributed by atoms with Crippen LogP contribution in [0.15, 0.2) is 0 Å². The molecule has 1 rings (SSSR count). The molecule has 1 aliphatic rings. The van der Waals surface area contributed by atoms with Gasteiger partial charge in [-0.1, -0.05) is 6.92 Å². The van der Waals surface area contributed by atoms with Crippen molar-refractivity contribution in [3.8, 4) is 0 Å². The maximum atomic E-state index is 10.7. The average Bonchev–Trinajstić information content (AvgIpc) is 2.04. The summed E-state index contributed by atoms with van der Waals surface area (Å²) in [6.45, 7) is 7.12. The van der Waals surface area contributed by atoms with Crippen LogP contribution in [0.4, 0.5) is 0 Å². The van der Waals surface area contributed by atoms with E-state index in [9.17, 15) is 4.79 Å². The van der Waals surface area contributed by atoms with Gasteiger partial charge in [0.15, 0.2) is 6.23 Å². The molecule has 1 atom stereocenters. The van der Waals surface area contributed by atoms with Crippen molar-refractivity contribution in [3.63, 3.8) is 0 Å². The highest BCUT2D eigenvalue weighted by Gasteiger charge is 2.22. The lowest BCUT2D eigenvalue weighted by Gasteiger charge is -2.34. The lowest BCUT2D eigenvalue weighted by Crippen LogP contribution is -2.52. The fraction of sp³-hybridized carbons (Fsp3) is 0.875. The zero-order chi connectivity index (χ0) is 8.97. The fourth-order valence-corrected chi connectivity index (χ4v) is 1.39. The number of carbonyl (C=O) groups excluding carboxylic acids is 1. The first-order valence-corrected chi connectivity index (χ1v) is 4.36. The topological polar surface area (TPSA) is 41.6 Å². The second kappa shape index (κ2) is 4.42. The first-order chi connectivity index (χ1) is 5.74. The molecule has 0 aromatic heterocycles. The van der Waals surface area contributed by atoms with Crippen LogP contribution in [0.5, 0.6) is 0 Å². The van der Waals surface area contributed by atoms with Crippen LogP contribution in [-0.4, -0.2) is 43.3 Å². The number of esters is 1. The quantitative estimate of drug-likeness (QED) is 0.586. The predicted molar refractivity (Wildman–Crippen MR) is 45.7 cm³/mol. The molecule has 0 aliphatic carbocycles. The summed E-state index contributed by atoms with van der Waals surface area (Å²) in [5.41, 5.74) is 0. The van der Waals surface area contributed by atoms with Gasteiger partial charge in [0, 0.05) is 26.6 Å². The Labute approximate surface area is 72.9 Å². The molecule has 0 bridgehead atoms. The minimum Gasteiger partial charge on any atom is -0.445 e. The van der Waals surface area contributed by atoms with Crippen LogP contribution >= 0.6 is 0 Å². The molecule has 0 amide bonds. The number of nitrogens with zero attached hydrogens (tertiary/aromatic N) is 1. The summed E-state index contributed by atoms with van der Waals surface area (Å²) in [4.78, 5) is 12.8. The van der Waals surface area contributed by atoms with Gasteiger partial charge in [-0.05, 0) is 6.54 Å². The Morgan fingerprint density at radius 3 is 3.08 bits per heavy atom. The number of hydrogen-bond acceptors (Lipinski definition) is 4. The minimum absolute atomic E-state index is 0.0683. The molecule has 70 valence electrons. The molecule has 1 saturated heterocycles. The van der Waals surface area contributed by atoms with E-state index in [4.69, 9.17) is 4.74 Å². The van der Waals surface area contributed by atoms with E-state index in [-0.39, 0.29) is 12.2 Å². The third-order valence-corrected chi connectivity index (χ3v) is 2.01. The van der Waals surface area contributed by atoms with E-state index in [0.29, 0.717) is 0 Å². The van der Waals surface area contributed by atoms with E-state index in [0.717, 1.165) is 26.2 Å². The van der Waals surface area contributed by atoms with Crippen molar-refractivity contribution in [1.29, 1.82) is 0 Å². The molecule has 0 aromatic rings. The number of ether oxygens (including phenoxy) is 1. The van der Waals surface area contributed by atoms with Gasteiger partial charge in [0.1, 0.15) is 0 Å². The summed E-state index contributed by atoms with van der Waals surface area (Å²) in [7, 11) is 0. The summed E-state index contributed by atoms with van der Waals surface area (Å²) in [6, 6.07) is 0. The van der Waals surface area contributed by atoms with Gasteiger partial charge in [-0.2, -0.15) is 0 Å². The van der Waals surface area contributed by atoms with E-state index in [2.05, 4.69) is 17.1 Å². The normalized spacial score (nSPS) is 25.3. The Balaban J connectivity index is 2.41. The molecular formula is C8H16N2O2. The molecule has 0 aromatic carbocycles. The van der Waals surface area contributed by atoms with Gasteiger partial charge in [-0.25, -0.2) is 0 Å².